The molecule has 3 nitrogen and oxygen atoms in total. The lowest BCUT2D eigenvalue weighted by molar-refractivity contribution is 0.142. The Morgan fingerprint density at radius 3 is 2.50 bits per heavy atom. The molecule has 0 unspecified atom stereocenters. The van der Waals surface area contributed by atoms with E-state index in [2.05, 4.69) is 17.1 Å². The second kappa shape index (κ2) is 10.8. The number of hydrogen-bond donors (Lipinski definition) is 1. The first-order valence-corrected chi connectivity index (χ1v) is 7.82. The van der Waals surface area contributed by atoms with Gasteiger partial charge in [0.2, 0.25) is 0 Å². The molecule has 1 aliphatic carbocycles. The lowest BCUT2D eigenvalue weighted by Crippen LogP contribution is -2.30. The van der Waals surface area contributed by atoms with Gasteiger partial charge < -0.3 is 10.1 Å². The molecule has 0 saturated heterocycles. The molecule has 0 aromatic rings. The van der Waals surface area contributed by atoms with Crippen molar-refractivity contribution in [2.24, 2.45) is 0 Å². The third-order valence-corrected chi connectivity index (χ3v) is 3.62. The molecular weight excluding hydrogens is 224 g/mol. The van der Waals surface area contributed by atoms with Gasteiger partial charge >= 0.3 is 0 Å². The van der Waals surface area contributed by atoms with Crippen molar-refractivity contribution >= 4 is 0 Å². The zero-order valence-electron chi connectivity index (χ0n) is 12.4. The van der Waals surface area contributed by atoms with Gasteiger partial charge in [0.15, 0.2) is 0 Å². The number of ether oxygens (including phenoxy) is 1. The third kappa shape index (κ3) is 8.06. The van der Waals surface area contributed by atoms with Crippen LogP contribution in [0.4, 0.5) is 0 Å². The summed E-state index contributed by atoms with van der Waals surface area (Å²) in [7, 11) is 1.80. The summed E-state index contributed by atoms with van der Waals surface area (Å²) in [6, 6.07) is 0.881. The summed E-state index contributed by atoms with van der Waals surface area (Å²) in [4.78, 5) is 2.62. The Morgan fingerprint density at radius 1 is 1.06 bits per heavy atom. The van der Waals surface area contributed by atoms with Gasteiger partial charge in [0.05, 0.1) is 6.61 Å². The Hall–Kier alpha value is -0.120. The molecule has 1 rings (SSSR count). The largest absolute Gasteiger partial charge is 0.383 e. The Kier molecular flexibility index (Phi) is 9.54. The van der Waals surface area contributed by atoms with E-state index < -0.39 is 0 Å². The van der Waals surface area contributed by atoms with Crippen LogP contribution >= 0.6 is 0 Å². The van der Waals surface area contributed by atoms with Crippen LogP contribution in [-0.4, -0.2) is 50.8 Å². The summed E-state index contributed by atoms with van der Waals surface area (Å²) < 4.78 is 5.18. The molecule has 0 radical (unpaired) electrons. The molecule has 3 heteroatoms. The monoisotopic (exact) mass is 256 g/mol. The van der Waals surface area contributed by atoms with Crippen LogP contribution in [0.3, 0.4) is 0 Å². The summed E-state index contributed by atoms with van der Waals surface area (Å²) in [6.45, 7) is 7.88. The smallest absolute Gasteiger partial charge is 0.0589 e. The summed E-state index contributed by atoms with van der Waals surface area (Å²) in [6.07, 6.45) is 9.50. The van der Waals surface area contributed by atoms with Crippen molar-refractivity contribution in [3.05, 3.63) is 0 Å². The Morgan fingerprint density at radius 2 is 1.83 bits per heavy atom. The minimum atomic E-state index is 0.881. The van der Waals surface area contributed by atoms with Gasteiger partial charge in [-0.25, -0.2) is 0 Å². The van der Waals surface area contributed by atoms with Crippen molar-refractivity contribution in [2.75, 3.05) is 39.9 Å². The number of methoxy groups -OCH3 is 1. The van der Waals surface area contributed by atoms with Gasteiger partial charge in [0.25, 0.3) is 0 Å². The summed E-state index contributed by atoms with van der Waals surface area (Å²) in [5.74, 6) is 0. The lowest BCUT2D eigenvalue weighted by atomic mass is 10.2. The highest BCUT2D eigenvalue weighted by molar-refractivity contribution is 4.84. The molecule has 0 atom stereocenters. The van der Waals surface area contributed by atoms with Gasteiger partial charge in [0, 0.05) is 19.7 Å². The lowest BCUT2D eigenvalue weighted by Gasteiger charge is -2.21. The van der Waals surface area contributed by atoms with Crippen molar-refractivity contribution in [3.8, 4) is 0 Å². The summed E-state index contributed by atoms with van der Waals surface area (Å²) >= 11 is 0. The van der Waals surface area contributed by atoms with Gasteiger partial charge in [0.1, 0.15) is 0 Å². The van der Waals surface area contributed by atoms with Crippen molar-refractivity contribution < 1.29 is 4.74 Å². The molecule has 0 amide bonds. The SMILES string of the molecule is CCCNCCCCCCN(CCOC)C1CC1. The summed E-state index contributed by atoms with van der Waals surface area (Å²) in [5.41, 5.74) is 0. The topological polar surface area (TPSA) is 24.5 Å². The van der Waals surface area contributed by atoms with Crippen LogP contribution in [0.15, 0.2) is 0 Å². The first kappa shape index (κ1) is 15.9. The van der Waals surface area contributed by atoms with Crippen molar-refractivity contribution in [1.82, 2.24) is 10.2 Å². The maximum Gasteiger partial charge on any atom is 0.0589 e. The average molecular weight is 256 g/mol. The fraction of sp³-hybridized carbons (Fsp3) is 1.00. The molecule has 18 heavy (non-hydrogen) atoms. The second-order valence-electron chi connectivity index (χ2n) is 5.42. The molecule has 1 saturated carbocycles. The van der Waals surface area contributed by atoms with Crippen molar-refractivity contribution in [1.29, 1.82) is 0 Å². The van der Waals surface area contributed by atoms with Gasteiger partial charge in [-0.3, -0.25) is 4.90 Å². The normalized spacial score (nSPS) is 15.5. The zero-order valence-corrected chi connectivity index (χ0v) is 12.4. The molecule has 1 fully saturated rings. The highest BCUT2D eigenvalue weighted by atomic mass is 16.5. The van der Waals surface area contributed by atoms with E-state index in [1.807, 2.05) is 0 Å². The molecule has 0 spiro atoms. The molecule has 0 aliphatic heterocycles. The first-order valence-electron chi connectivity index (χ1n) is 7.82. The molecule has 0 bridgehead atoms. The molecular formula is C15H32N2O. The molecule has 0 aromatic carbocycles. The maximum atomic E-state index is 5.18. The van der Waals surface area contributed by atoms with E-state index in [1.165, 1.54) is 64.6 Å². The van der Waals surface area contributed by atoms with Crippen LogP contribution in [0.1, 0.15) is 51.9 Å². The molecule has 0 aromatic heterocycles. The average Bonchev–Trinajstić information content (AvgIpc) is 3.20. The Balaban J connectivity index is 1.88. The van der Waals surface area contributed by atoms with Gasteiger partial charge in [-0.15, -0.1) is 0 Å². The predicted molar refractivity (Wildman–Crippen MR) is 78.1 cm³/mol. The number of rotatable bonds is 13. The van der Waals surface area contributed by atoms with E-state index in [9.17, 15) is 0 Å². The number of unbranched alkanes of at least 4 members (excludes halogenated alkanes) is 3. The van der Waals surface area contributed by atoms with E-state index in [4.69, 9.17) is 4.74 Å². The Labute approximate surface area is 113 Å². The first-order chi connectivity index (χ1) is 8.88. The van der Waals surface area contributed by atoms with E-state index >= 15 is 0 Å². The standard InChI is InChI=1S/C15H32N2O/c1-3-10-16-11-6-4-5-7-12-17(13-14-18-2)15-8-9-15/h15-16H,3-14H2,1-2H3. The fourth-order valence-electron chi connectivity index (χ4n) is 2.35. The quantitative estimate of drug-likeness (QED) is 0.513. The van der Waals surface area contributed by atoms with E-state index in [0.29, 0.717) is 0 Å². The van der Waals surface area contributed by atoms with Crippen LogP contribution in [0.2, 0.25) is 0 Å². The van der Waals surface area contributed by atoms with Crippen molar-refractivity contribution in [3.63, 3.8) is 0 Å². The van der Waals surface area contributed by atoms with E-state index in [-0.39, 0.29) is 0 Å². The minimum absolute atomic E-state index is 0.881. The van der Waals surface area contributed by atoms with Crippen LogP contribution in [0.5, 0.6) is 0 Å². The number of nitrogens with zero attached hydrogens (tertiary/aromatic N) is 1. The highest BCUT2D eigenvalue weighted by Crippen LogP contribution is 2.26. The van der Waals surface area contributed by atoms with E-state index in [1.54, 1.807) is 7.11 Å². The molecule has 108 valence electrons. The van der Waals surface area contributed by atoms with Gasteiger partial charge in [-0.1, -0.05) is 19.8 Å². The maximum absolute atomic E-state index is 5.18. The minimum Gasteiger partial charge on any atom is -0.383 e. The third-order valence-electron chi connectivity index (χ3n) is 3.62. The summed E-state index contributed by atoms with van der Waals surface area (Å²) in [5, 5.41) is 3.46. The van der Waals surface area contributed by atoms with Crippen LogP contribution < -0.4 is 5.32 Å². The van der Waals surface area contributed by atoms with Crippen LogP contribution in [-0.2, 0) is 4.74 Å². The fourth-order valence-corrected chi connectivity index (χ4v) is 2.35. The van der Waals surface area contributed by atoms with Gasteiger partial charge in [-0.2, -0.15) is 0 Å². The van der Waals surface area contributed by atoms with Crippen molar-refractivity contribution in [2.45, 2.75) is 57.9 Å². The molecule has 1 aliphatic rings. The Bertz CT molecular complexity index is 183. The highest BCUT2D eigenvalue weighted by Gasteiger charge is 2.27. The number of nitrogens with one attached hydrogen (secondary N) is 1. The van der Waals surface area contributed by atoms with Gasteiger partial charge in [-0.05, 0) is 51.7 Å². The zero-order chi connectivity index (χ0) is 13.1. The second-order valence-corrected chi connectivity index (χ2v) is 5.42. The molecule has 1 N–H and O–H groups in total. The van der Waals surface area contributed by atoms with E-state index in [0.717, 1.165) is 19.2 Å². The number of hydrogen-bond acceptors (Lipinski definition) is 3. The molecule has 0 heterocycles. The predicted octanol–water partition coefficient (Wildman–Crippen LogP) is 2.66. The van der Waals surface area contributed by atoms with Crippen LogP contribution in [0.25, 0.3) is 0 Å². The van der Waals surface area contributed by atoms with Crippen LogP contribution in [0, 0.1) is 0 Å².